The van der Waals surface area contributed by atoms with Gasteiger partial charge >= 0.3 is 0 Å². The van der Waals surface area contributed by atoms with Crippen LogP contribution in [0.25, 0.3) is 0 Å². The maximum absolute atomic E-state index is 4.61. The molecule has 0 aromatic carbocycles. The fourth-order valence-electron chi connectivity index (χ4n) is 1.96. The minimum absolute atomic E-state index is 0. The molecule has 4 nitrogen and oxygen atoms in total. The Morgan fingerprint density at radius 3 is 2.85 bits per heavy atom. The van der Waals surface area contributed by atoms with Crippen LogP contribution in [0.4, 0.5) is 0 Å². The molecular weight excluding hydrogens is 363 g/mol. The molecule has 0 radical (unpaired) electrons. The van der Waals surface area contributed by atoms with Crippen LogP contribution in [0, 0.1) is 12.8 Å². The molecule has 0 unspecified atom stereocenters. The Hall–Kier alpha value is -0.850. The number of nitrogens with one attached hydrogen (secondary N) is 2. The second-order valence-corrected chi connectivity index (χ2v) is 5.14. The van der Waals surface area contributed by atoms with E-state index in [2.05, 4.69) is 40.5 Å². The normalized spacial score (nSPS) is 14.6. The van der Waals surface area contributed by atoms with Crippen LogP contribution in [0.1, 0.15) is 30.9 Å². The minimum Gasteiger partial charge on any atom is -0.357 e. The van der Waals surface area contributed by atoms with E-state index in [0.717, 1.165) is 37.9 Å². The number of nitrogens with zero attached hydrogens (tertiary/aromatic N) is 2. The lowest BCUT2D eigenvalue weighted by atomic mass is 10.1. The topological polar surface area (TPSA) is 49.3 Å². The van der Waals surface area contributed by atoms with Gasteiger partial charge in [0.15, 0.2) is 5.96 Å². The maximum atomic E-state index is 4.61. The van der Waals surface area contributed by atoms with E-state index in [9.17, 15) is 0 Å². The number of rotatable bonds is 6. The summed E-state index contributed by atoms with van der Waals surface area (Å²) >= 11 is 0. The SMILES string of the molecule is CCNC(=NCC1CC1)NCCc1ccncc1C.I. The van der Waals surface area contributed by atoms with E-state index >= 15 is 0 Å². The molecule has 1 saturated carbocycles. The molecular formula is C15H25IN4. The Bertz CT molecular complexity index is 430. The summed E-state index contributed by atoms with van der Waals surface area (Å²) in [5.41, 5.74) is 2.60. The quantitative estimate of drug-likeness (QED) is 0.447. The van der Waals surface area contributed by atoms with Gasteiger partial charge in [0.25, 0.3) is 0 Å². The van der Waals surface area contributed by atoms with E-state index in [1.165, 1.54) is 24.0 Å². The lowest BCUT2D eigenvalue weighted by Crippen LogP contribution is -2.38. The maximum Gasteiger partial charge on any atom is 0.191 e. The number of pyridine rings is 1. The molecule has 2 N–H and O–H groups in total. The van der Waals surface area contributed by atoms with Crippen molar-refractivity contribution < 1.29 is 0 Å². The highest BCUT2D eigenvalue weighted by atomic mass is 127. The lowest BCUT2D eigenvalue weighted by Gasteiger charge is -2.11. The Kier molecular flexibility index (Phi) is 7.87. The molecule has 1 aliphatic rings. The number of aromatic nitrogens is 1. The molecule has 1 heterocycles. The van der Waals surface area contributed by atoms with Crippen molar-refractivity contribution in [3.8, 4) is 0 Å². The molecule has 0 atom stereocenters. The van der Waals surface area contributed by atoms with Crippen molar-refractivity contribution in [3.05, 3.63) is 29.6 Å². The van der Waals surface area contributed by atoms with Crippen molar-refractivity contribution in [2.75, 3.05) is 19.6 Å². The van der Waals surface area contributed by atoms with E-state index in [-0.39, 0.29) is 24.0 Å². The van der Waals surface area contributed by atoms with Crippen LogP contribution in [-0.4, -0.2) is 30.6 Å². The van der Waals surface area contributed by atoms with Gasteiger partial charge in [0.05, 0.1) is 0 Å². The van der Waals surface area contributed by atoms with Gasteiger partial charge in [0.1, 0.15) is 0 Å². The molecule has 112 valence electrons. The molecule has 0 amide bonds. The van der Waals surface area contributed by atoms with Gasteiger partial charge in [-0.05, 0) is 56.2 Å². The summed E-state index contributed by atoms with van der Waals surface area (Å²) < 4.78 is 0. The number of guanidine groups is 1. The molecule has 1 aromatic rings. The van der Waals surface area contributed by atoms with Gasteiger partial charge in [-0.2, -0.15) is 0 Å². The lowest BCUT2D eigenvalue weighted by molar-refractivity contribution is 0.775. The number of hydrogen-bond donors (Lipinski definition) is 2. The summed E-state index contributed by atoms with van der Waals surface area (Å²) in [6, 6.07) is 2.09. The van der Waals surface area contributed by atoms with Crippen LogP contribution in [0.3, 0.4) is 0 Å². The van der Waals surface area contributed by atoms with Crippen molar-refractivity contribution in [1.82, 2.24) is 15.6 Å². The van der Waals surface area contributed by atoms with Crippen molar-refractivity contribution in [3.63, 3.8) is 0 Å². The summed E-state index contributed by atoms with van der Waals surface area (Å²) in [6.07, 6.45) is 7.47. The molecule has 0 saturated heterocycles. The smallest absolute Gasteiger partial charge is 0.191 e. The molecule has 5 heteroatoms. The Morgan fingerprint density at radius 2 is 2.20 bits per heavy atom. The fourth-order valence-corrected chi connectivity index (χ4v) is 1.96. The third-order valence-corrected chi connectivity index (χ3v) is 3.37. The average molecular weight is 388 g/mol. The summed E-state index contributed by atoms with van der Waals surface area (Å²) in [4.78, 5) is 8.73. The van der Waals surface area contributed by atoms with E-state index < -0.39 is 0 Å². The summed E-state index contributed by atoms with van der Waals surface area (Å²) in [5, 5.41) is 6.69. The average Bonchev–Trinajstić information content (AvgIpc) is 3.22. The standard InChI is InChI=1S/C15H24N4.HI/c1-3-17-15(19-11-13-4-5-13)18-9-7-14-6-8-16-10-12(14)2;/h6,8,10,13H,3-5,7,9,11H2,1-2H3,(H2,17,18,19);1H. The van der Waals surface area contributed by atoms with Crippen LogP contribution >= 0.6 is 24.0 Å². The van der Waals surface area contributed by atoms with Gasteiger partial charge in [-0.1, -0.05) is 0 Å². The Balaban J connectivity index is 0.00000200. The molecule has 2 rings (SSSR count). The molecule has 20 heavy (non-hydrogen) atoms. The van der Waals surface area contributed by atoms with Crippen LogP contribution in [0.2, 0.25) is 0 Å². The molecule has 0 aliphatic heterocycles. The van der Waals surface area contributed by atoms with Crippen LogP contribution in [0.15, 0.2) is 23.5 Å². The van der Waals surface area contributed by atoms with Gasteiger partial charge < -0.3 is 10.6 Å². The first-order valence-electron chi connectivity index (χ1n) is 7.21. The summed E-state index contributed by atoms with van der Waals surface area (Å²) in [5.74, 6) is 1.78. The molecule has 1 fully saturated rings. The van der Waals surface area contributed by atoms with Crippen LogP contribution < -0.4 is 10.6 Å². The molecule has 0 spiro atoms. The summed E-state index contributed by atoms with van der Waals surface area (Å²) in [6.45, 7) is 6.98. The van der Waals surface area contributed by atoms with Gasteiger partial charge in [0, 0.05) is 32.0 Å². The molecule has 1 aromatic heterocycles. The van der Waals surface area contributed by atoms with Crippen molar-refractivity contribution in [2.24, 2.45) is 10.9 Å². The third kappa shape index (κ3) is 6.07. The number of halogens is 1. The van der Waals surface area contributed by atoms with E-state index in [4.69, 9.17) is 0 Å². The largest absolute Gasteiger partial charge is 0.357 e. The second-order valence-electron chi connectivity index (χ2n) is 5.14. The molecule has 1 aliphatic carbocycles. The first-order chi connectivity index (χ1) is 9.29. The van der Waals surface area contributed by atoms with Crippen molar-refractivity contribution >= 4 is 29.9 Å². The fraction of sp³-hybridized carbons (Fsp3) is 0.600. The minimum atomic E-state index is 0. The Morgan fingerprint density at radius 1 is 1.40 bits per heavy atom. The van der Waals surface area contributed by atoms with Crippen molar-refractivity contribution in [2.45, 2.75) is 33.1 Å². The Labute approximate surface area is 138 Å². The van der Waals surface area contributed by atoms with E-state index in [1.807, 2.05) is 12.4 Å². The summed E-state index contributed by atoms with van der Waals surface area (Å²) in [7, 11) is 0. The third-order valence-electron chi connectivity index (χ3n) is 3.37. The first kappa shape index (κ1) is 17.2. The van der Waals surface area contributed by atoms with Gasteiger partial charge in [-0.15, -0.1) is 24.0 Å². The predicted octanol–water partition coefficient (Wildman–Crippen LogP) is 2.52. The number of aliphatic imine (C=N–C) groups is 1. The highest BCUT2D eigenvalue weighted by molar-refractivity contribution is 14.0. The number of aryl methyl sites for hydroxylation is 1. The molecule has 0 bridgehead atoms. The van der Waals surface area contributed by atoms with E-state index in [0.29, 0.717) is 0 Å². The van der Waals surface area contributed by atoms with Gasteiger partial charge in [0.2, 0.25) is 0 Å². The highest BCUT2D eigenvalue weighted by Crippen LogP contribution is 2.28. The first-order valence-corrected chi connectivity index (χ1v) is 7.21. The zero-order valence-electron chi connectivity index (χ0n) is 12.4. The highest BCUT2D eigenvalue weighted by Gasteiger charge is 2.20. The zero-order valence-corrected chi connectivity index (χ0v) is 14.7. The zero-order chi connectivity index (χ0) is 13.5. The predicted molar refractivity (Wildman–Crippen MR) is 94.8 cm³/mol. The van der Waals surface area contributed by atoms with Crippen LogP contribution in [-0.2, 0) is 6.42 Å². The second kappa shape index (κ2) is 9.15. The van der Waals surface area contributed by atoms with Crippen LogP contribution in [0.5, 0.6) is 0 Å². The van der Waals surface area contributed by atoms with Gasteiger partial charge in [-0.3, -0.25) is 9.98 Å². The van der Waals surface area contributed by atoms with Crippen molar-refractivity contribution in [1.29, 1.82) is 0 Å². The monoisotopic (exact) mass is 388 g/mol. The van der Waals surface area contributed by atoms with Gasteiger partial charge in [-0.25, -0.2) is 0 Å². The van der Waals surface area contributed by atoms with E-state index in [1.54, 1.807) is 0 Å². The number of hydrogen-bond acceptors (Lipinski definition) is 2.